The molecule has 0 amide bonds. The number of nitrogens with two attached hydrogens (primary N) is 1. The van der Waals surface area contributed by atoms with E-state index in [4.69, 9.17) is 5.73 Å². The monoisotopic (exact) mass is 287 g/mol. The number of anilines is 2. The lowest BCUT2D eigenvalue weighted by Gasteiger charge is -2.16. The van der Waals surface area contributed by atoms with Crippen LogP contribution in [0.2, 0.25) is 0 Å². The highest BCUT2D eigenvalue weighted by Crippen LogP contribution is 2.35. The van der Waals surface area contributed by atoms with Crippen LogP contribution >= 0.6 is 0 Å². The van der Waals surface area contributed by atoms with Crippen molar-refractivity contribution in [3.8, 4) is 0 Å². The van der Waals surface area contributed by atoms with Crippen molar-refractivity contribution in [2.24, 2.45) is 5.92 Å². The number of alkyl halides is 3. The molecule has 1 unspecified atom stereocenters. The Morgan fingerprint density at radius 2 is 2.15 bits per heavy atom. The predicted molar refractivity (Wildman–Crippen MR) is 74.6 cm³/mol. The maximum absolute atomic E-state index is 12.8. The fraction of sp³-hybridized carbons (Fsp3) is 0.571. The molecule has 0 radical (unpaired) electrons. The fourth-order valence-electron chi connectivity index (χ4n) is 2.54. The van der Waals surface area contributed by atoms with Crippen LogP contribution in [0.1, 0.15) is 18.9 Å². The number of likely N-dealkylation sites (tertiary alicyclic amines) is 1. The van der Waals surface area contributed by atoms with Gasteiger partial charge in [0.1, 0.15) is 0 Å². The number of nitrogens with one attached hydrogen (secondary N) is 1. The van der Waals surface area contributed by atoms with E-state index in [0.717, 1.165) is 32.1 Å². The van der Waals surface area contributed by atoms with Crippen LogP contribution in [-0.2, 0) is 6.18 Å². The van der Waals surface area contributed by atoms with Gasteiger partial charge in [0.15, 0.2) is 0 Å². The lowest BCUT2D eigenvalue weighted by Crippen LogP contribution is -2.22. The smallest absolute Gasteiger partial charge is 0.398 e. The van der Waals surface area contributed by atoms with E-state index in [0.29, 0.717) is 18.2 Å². The molecular formula is C14H20F3N3. The SMILES string of the molecule is CCN1CCC(CNc2ccc(N)c(C(F)(F)F)c2)C1. The molecule has 112 valence electrons. The van der Waals surface area contributed by atoms with Crippen molar-refractivity contribution < 1.29 is 13.2 Å². The van der Waals surface area contributed by atoms with Gasteiger partial charge in [-0.3, -0.25) is 0 Å². The van der Waals surface area contributed by atoms with E-state index < -0.39 is 11.7 Å². The third kappa shape index (κ3) is 3.56. The summed E-state index contributed by atoms with van der Waals surface area (Å²) < 4.78 is 38.3. The van der Waals surface area contributed by atoms with Gasteiger partial charge in [0.25, 0.3) is 0 Å². The van der Waals surface area contributed by atoms with Crippen LogP contribution in [0.25, 0.3) is 0 Å². The van der Waals surface area contributed by atoms with Crippen LogP contribution < -0.4 is 11.1 Å². The molecule has 1 atom stereocenters. The van der Waals surface area contributed by atoms with Crippen molar-refractivity contribution in [2.45, 2.75) is 19.5 Å². The first-order chi connectivity index (χ1) is 9.40. The van der Waals surface area contributed by atoms with Crippen LogP contribution in [0.5, 0.6) is 0 Å². The van der Waals surface area contributed by atoms with Gasteiger partial charge in [-0.25, -0.2) is 0 Å². The molecule has 2 rings (SSSR count). The average Bonchev–Trinajstić information content (AvgIpc) is 2.84. The zero-order chi connectivity index (χ0) is 14.8. The second-order valence-corrected chi connectivity index (χ2v) is 5.23. The molecule has 3 nitrogen and oxygen atoms in total. The van der Waals surface area contributed by atoms with E-state index in [-0.39, 0.29) is 5.69 Å². The first kappa shape index (κ1) is 15.0. The molecule has 0 aliphatic carbocycles. The Bertz CT molecular complexity index is 459. The Labute approximate surface area is 116 Å². The maximum Gasteiger partial charge on any atom is 0.418 e. The summed E-state index contributed by atoms with van der Waals surface area (Å²) in [4.78, 5) is 2.34. The highest BCUT2D eigenvalue weighted by Gasteiger charge is 2.33. The molecule has 1 aliphatic heterocycles. The average molecular weight is 287 g/mol. The first-order valence-corrected chi connectivity index (χ1v) is 6.83. The Balaban J connectivity index is 1.97. The highest BCUT2D eigenvalue weighted by atomic mass is 19.4. The zero-order valence-corrected chi connectivity index (χ0v) is 11.5. The lowest BCUT2D eigenvalue weighted by molar-refractivity contribution is -0.136. The number of nitrogens with zero attached hydrogens (tertiary/aromatic N) is 1. The normalized spacial score (nSPS) is 20.3. The van der Waals surface area contributed by atoms with E-state index in [2.05, 4.69) is 17.1 Å². The van der Waals surface area contributed by atoms with Gasteiger partial charge in [-0.05, 0) is 43.6 Å². The number of benzene rings is 1. The predicted octanol–water partition coefficient (Wildman–Crippen LogP) is 3.04. The second kappa shape index (κ2) is 5.91. The Kier molecular flexibility index (Phi) is 4.42. The minimum absolute atomic E-state index is 0.235. The van der Waals surface area contributed by atoms with E-state index in [1.807, 2.05) is 0 Å². The number of nitrogen functional groups attached to an aromatic ring is 1. The molecule has 6 heteroatoms. The third-order valence-corrected chi connectivity index (χ3v) is 3.77. The molecule has 0 bridgehead atoms. The lowest BCUT2D eigenvalue weighted by atomic mass is 10.1. The van der Waals surface area contributed by atoms with Crippen LogP contribution in [0, 0.1) is 5.92 Å². The Morgan fingerprint density at radius 1 is 1.40 bits per heavy atom. The summed E-state index contributed by atoms with van der Waals surface area (Å²) in [5.74, 6) is 0.488. The number of rotatable bonds is 4. The third-order valence-electron chi connectivity index (χ3n) is 3.77. The molecule has 0 aromatic heterocycles. The Morgan fingerprint density at radius 3 is 2.75 bits per heavy atom. The highest BCUT2D eigenvalue weighted by molar-refractivity contribution is 5.58. The Hall–Kier alpha value is -1.43. The second-order valence-electron chi connectivity index (χ2n) is 5.23. The topological polar surface area (TPSA) is 41.3 Å². The van der Waals surface area contributed by atoms with E-state index in [1.165, 1.54) is 6.07 Å². The summed E-state index contributed by atoms with van der Waals surface area (Å²) in [5, 5.41) is 3.09. The molecule has 1 heterocycles. The van der Waals surface area contributed by atoms with Crippen molar-refractivity contribution in [3.63, 3.8) is 0 Å². The van der Waals surface area contributed by atoms with Crippen LogP contribution in [-0.4, -0.2) is 31.1 Å². The molecule has 1 saturated heterocycles. The van der Waals surface area contributed by atoms with Gasteiger partial charge in [0, 0.05) is 24.5 Å². The van der Waals surface area contributed by atoms with Gasteiger partial charge in [-0.15, -0.1) is 0 Å². The molecule has 0 saturated carbocycles. The van der Waals surface area contributed by atoms with Crippen molar-refractivity contribution in [1.82, 2.24) is 4.90 Å². The minimum Gasteiger partial charge on any atom is -0.398 e. The largest absolute Gasteiger partial charge is 0.418 e. The fourth-order valence-corrected chi connectivity index (χ4v) is 2.54. The quantitative estimate of drug-likeness (QED) is 0.836. The molecule has 1 fully saturated rings. The minimum atomic E-state index is -4.41. The van der Waals surface area contributed by atoms with E-state index in [1.54, 1.807) is 6.07 Å². The van der Waals surface area contributed by atoms with Crippen LogP contribution in [0.15, 0.2) is 18.2 Å². The van der Waals surface area contributed by atoms with E-state index in [9.17, 15) is 13.2 Å². The zero-order valence-electron chi connectivity index (χ0n) is 11.5. The van der Waals surface area contributed by atoms with Crippen molar-refractivity contribution in [2.75, 3.05) is 37.2 Å². The number of hydrogen-bond acceptors (Lipinski definition) is 3. The molecule has 20 heavy (non-hydrogen) atoms. The van der Waals surface area contributed by atoms with E-state index >= 15 is 0 Å². The summed E-state index contributed by atoms with van der Waals surface area (Å²) in [6.45, 7) is 5.91. The molecule has 1 aromatic carbocycles. The van der Waals surface area contributed by atoms with Gasteiger partial charge in [0.2, 0.25) is 0 Å². The number of hydrogen-bond donors (Lipinski definition) is 2. The molecule has 1 aliphatic rings. The van der Waals surface area contributed by atoms with Gasteiger partial charge >= 0.3 is 6.18 Å². The van der Waals surface area contributed by atoms with Gasteiger partial charge < -0.3 is 16.0 Å². The number of halogens is 3. The molecule has 3 N–H and O–H groups in total. The molecular weight excluding hydrogens is 267 g/mol. The standard InChI is InChI=1S/C14H20F3N3/c1-2-20-6-5-10(9-20)8-19-11-3-4-13(18)12(7-11)14(15,16)17/h3-4,7,10,19H,2,5-6,8-9,18H2,1H3. The summed E-state index contributed by atoms with van der Waals surface area (Å²) in [5.41, 5.74) is 4.84. The summed E-state index contributed by atoms with van der Waals surface area (Å²) >= 11 is 0. The van der Waals surface area contributed by atoms with Crippen molar-refractivity contribution in [3.05, 3.63) is 23.8 Å². The first-order valence-electron chi connectivity index (χ1n) is 6.83. The summed E-state index contributed by atoms with van der Waals surface area (Å²) in [7, 11) is 0. The van der Waals surface area contributed by atoms with Crippen LogP contribution in [0.4, 0.5) is 24.5 Å². The summed E-state index contributed by atoms with van der Waals surface area (Å²) in [6.07, 6.45) is -3.32. The summed E-state index contributed by atoms with van der Waals surface area (Å²) in [6, 6.07) is 3.98. The van der Waals surface area contributed by atoms with Crippen LogP contribution in [0.3, 0.4) is 0 Å². The van der Waals surface area contributed by atoms with Crippen molar-refractivity contribution >= 4 is 11.4 Å². The van der Waals surface area contributed by atoms with Gasteiger partial charge in [0.05, 0.1) is 5.56 Å². The van der Waals surface area contributed by atoms with Gasteiger partial charge in [-0.1, -0.05) is 6.92 Å². The molecule has 1 aromatic rings. The van der Waals surface area contributed by atoms with Gasteiger partial charge in [-0.2, -0.15) is 13.2 Å². The maximum atomic E-state index is 12.8. The molecule has 0 spiro atoms. The van der Waals surface area contributed by atoms with Crippen molar-refractivity contribution in [1.29, 1.82) is 0 Å².